The van der Waals surface area contributed by atoms with Gasteiger partial charge in [-0.1, -0.05) is 6.07 Å². The molecular weight excluding hydrogens is 271 g/mol. The van der Waals surface area contributed by atoms with Crippen molar-refractivity contribution in [2.24, 2.45) is 0 Å². The fourth-order valence-corrected chi connectivity index (χ4v) is 2.75. The molecule has 7 nitrogen and oxygen atoms in total. The smallest absolute Gasteiger partial charge is 0.337 e. The van der Waals surface area contributed by atoms with Crippen LogP contribution in [0.3, 0.4) is 0 Å². The second kappa shape index (κ2) is 5.75. The summed E-state index contributed by atoms with van der Waals surface area (Å²) in [5.74, 6) is -3.25. The molecule has 19 heavy (non-hydrogen) atoms. The summed E-state index contributed by atoms with van der Waals surface area (Å²) in [5, 5.41) is 17.9. The number of rotatable bonds is 3. The monoisotopic (exact) mass is 281 g/mol. The molecule has 0 aromatic heterocycles. The Morgan fingerprint density at radius 2 is 1.32 bits per heavy atom. The zero-order valence-electron chi connectivity index (χ0n) is 10.5. The van der Waals surface area contributed by atoms with Gasteiger partial charge >= 0.3 is 11.9 Å². The number of hydrogen-bond donors (Lipinski definition) is 3. The molecule has 0 aliphatic heterocycles. The van der Waals surface area contributed by atoms with Gasteiger partial charge in [0.1, 0.15) is 4.90 Å². The average Bonchev–Trinajstić information content (AvgIpc) is 2.13. The third kappa shape index (κ3) is 3.36. The second-order valence-electron chi connectivity index (χ2n) is 3.67. The quantitative estimate of drug-likeness (QED) is 0.545. The van der Waals surface area contributed by atoms with Gasteiger partial charge in [0.15, 0.2) is 0 Å². The Morgan fingerprint density at radius 1 is 1.00 bits per heavy atom. The zero-order valence-corrected chi connectivity index (χ0v) is 11.3. The minimum atomic E-state index is -4.96. The Hall–Kier alpha value is -1.33. The molecule has 0 atom stereocenters. The second-order valence-corrected chi connectivity index (χ2v) is 5.03. The molecule has 0 saturated carbocycles. The van der Waals surface area contributed by atoms with Gasteiger partial charge in [-0.2, -0.15) is 8.42 Å². The first-order chi connectivity index (χ1) is 8.07. The summed E-state index contributed by atoms with van der Waals surface area (Å²) in [7, 11) is -4.96. The van der Waals surface area contributed by atoms with Gasteiger partial charge in [0.2, 0.25) is 0 Å². The standard InChI is InChI=1S/C10H10O7S.Li/c1-4-3-5(2)7(10(13)14)8(18(15,16)17)6(4)9(11)12;/h3H,1-2H3,(H,11,12)(H,13,14)(H,15,16,17);. The normalized spacial score (nSPS) is 10.7. The van der Waals surface area contributed by atoms with E-state index in [0.29, 0.717) is 0 Å². The van der Waals surface area contributed by atoms with E-state index in [1.54, 1.807) is 0 Å². The van der Waals surface area contributed by atoms with Gasteiger partial charge in [-0.05, 0) is 25.0 Å². The van der Waals surface area contributed by atoms with Crippen LogP contribution in [0.25, 0.3) is 0 Å². The molecule has 1 radical (unpaired) electrons. The summed E-state index contributed by atoms with van der Waals surface area (Å²) < 4.78 is 31.5. The number of benzene rings is 1. The first kappa shape index (κ1) is 17.7. The Kier molecular flexibility index (Phi) is 5.35. The third-order valence-corrected chi connectivity index (χ3v) is 3.29. The van der Waals surface area contributed by atoms with Crippen LogP contribution in [0.1, 0.15) is 31.8 Å². The van der Waals surface area contributed by atoms with Crippen molar-refractivity contribution in [3.63, 3.8) is 0 Å². The van der Waals surface area contributed by atoms with Gasteiger partial charge in [0.05, 0.1) is 11.1 Å². The van der Waals surface area contributed by atoms with E-state index in [2.05, 4.69) is 0 Å². The van der Waals surface area contributed by atoms with E-state index in [1.807, 2.05) is 0 Å². The van der Waals surface area contributed by atoms with Crippen LogP contribution in [0, 0.1) is 13.8 Å². The van der Waals surface area contributed by atoms with Crippen LogP contribution in [0.15, 0.2) is 11.0 Å². The Balaban J connectivity index is 0.00000324. The molecule has 99 valence electrons. The largest absolute Gasteiger partial charge is 0.478 e. The first-order valence-electron chi connectivity index (χ1n) is 4.65. The molecule has 9 heteroatoms. The Labute approximate surface area is 121 Å². The van der Waals surface area contributed by atoms with E-state index in [1.165, 1.54) is 19.9 Å². The van der Waals surface area contributed by atoms with Gasteiger partial charge in [0, 0.05) is 18.9 Å². The maximum Gasteiger partial charge on any atom is 0.337 e. The molecule has 0 aliphatic rings. The maximum atomic E-state index is 11.2. The van der Waals surface area contributed by atoms with E-state index in [-0.39, 0.29) is 30.0 Å². The van der Waals surface area contributed by atoms with Gasteiger partial charge in [0.25, 0.3) is 10.1 Å². The van der Waals surface area contributed by atoms with Crippen LogP contribution in [-0.2, 0) is 10.1 Å². The van der Waals surface area contributed by atoms with Crippen molar-refractivity contribution in [1.82, 2.24) is 0 Å². The minimum absolute atomic E-state index is 0. The molecule has 0 saturated heterocycles. The van der Waals surface area contributed by atoms with Crippen molar-refractivity contribution >= 4 is 40.9 Å². The SMILES string of the molecule is Cc1cc(C)c(C(=O)O)c(S(=O)(=O)O)c1C(=O)O.[Li]. The molecule has 0 aliphatic carbocycles. The van der Waals surface area contributed by atoms with E-state index in [4.69, 9.17) is 14.8 Å². The van der Waals surface area contributed by atoms with E-state index >= 15 is 0 Å². The molecule has 0 heterocycles. The van der Waals surface area contributed by atoms with Crippen LogP contribution < -0.4 is 0 Å². The number of carboxylic acids is 2. The summed E-state index contributed by atoms with van der Waals surface area (Å²) in [4.78, 5) is 20.9. The van der Waals surface area contributed by atoms with Gasteiger partial charge in [-0.25, -0.2) is 9.59 Å². The third-order valence-electron chi connectivity index (χ3n) is 2.36. The van der Waals surface area contributed by atoms with Gasteiger partial charge in [-0.3, -0.25) is 4.55 Å². The minimum Gasteiger partial charge on any atom is -0.478 e. The van der Waals surface area contributed by atoms with Crippen LogP contribution in [0.2, 0.25) is 0 Å². The molecule has 0 amide bonds. The zero-order chi connectivity index (χ0) is 14.2. The predicted octanol–water partition coefficient (Wildman–Crippen LogP) is 0.566. The topological polar surface area (TPSA) is 129 Å². The van der Waals surface area contributed by atoms with Crippen LogP contribution in [-0.4, -0.2) is 54.0 Å². The van der Waals surface area contributed by atoms with Gasteiger partial charge < -0.3 is 10.2 Å². The molecule has 3 N–H and O–H groups in total. The number of aryl methyl sites for hydroxylation is 2. The Morgan fingerprint density at radius 3 is 1.53 bits per heavy atom. The van der Waals surface area contributed by atoms with Crippen molar-refractivity contribution in [1.29, 1.82) is 0 Å². The van der Waals surface area contributed by atoms with Crippen molar-refractivity contribution in [3.8, 4) is 0 Å². The maximum absolute atomic E-state index is 11.2. The Bertz CT molecular complexity index is 610. The average molecular weight is 281 g/mol. The number of hydrogen-bond acceptors (Lipinski definition) is 4. The van der Waals surface area contributed by atoms with Crippen molar-refractivity contribution in [2.75, 3.05) is 0 Å². The van der Waals surface area contributed by atoms with Crippen molar-refractivity contribution in [3.05, 3.63) is 28.3 Å². The van der Waals surface area contributed by atoms with E-state index < -0.39 is 38.1 Å². The fraction of sp³-hybridized carbons (Fsp3) is 0.200. The fourth-order valence-electron chi connectivity index (χ4n) is 1.74. The summed E-state index contributed by atoms with van der Waals surface area (Å²) in [6.45, 7) is 2.63. The van der Waals surface area contributed by atoms with E-state index in [9.17, 15) is 18.0 Å². The van der Waals surface area contributed by atoms with Crippen molar-refractivity contribution in [2.45, 2.75) is 18.7 Å². The first-order valence-corrected chi connectivity index (χ1v) is 6.09. The molecule has 1 rings (SSSR count). The molecule has 1 aromatic rings. The molecule has 1 aromatic carbocycles. The predicted molar refractivity (Wildman–Crippen MR) is 65.4 cm³/mol. The van der Waals surface area contributed by atoms with Crippen molar-refractivity contribution < 1.29 is 32.8 Å². The molecule has 0 unspecified atom stereocenters. The molecule has 0 spiro atoms. The van der Waals surface area contributed by atoms with Crippen LogP contribution in [0.4, 0.5) is 0 Å². The summed E-state index contributed by atoms with van der Waals surface area (Å²) >= 11 is 0. The van der Waals surface area contributed by atoms with Crippen LogP contribution in [0.5, 0.6) is 0 Å². The summed E-state index contributed by atoms with van der Waals surface area (Å²) in [6.07, 6.45) is 0. The van der Waals surface area contributed by atoms with E-state index in [0.717, 1.165) is 0 Å². The molecular formula is C10H10LiO7S. The number of carbonyl (C=O) groups is 2. The summed E-state index contributed by atoms with van der Waals surface area (Å²) in [5.41, 5.74) is -1.36. The molecule has 0 bridgehead atoms. The summed E-state index contributed by atoms with van der Waals surface area (Å²) in [6, 6.07) is 1.24. The van der Waals surface area contributed by atoms with Gasteiger partial charge in [-0.15, -0.1) is 0 Å². The number of aromatic carboxylic acids is 2. The van der Waals surface area contributed by atoms with Crippen LogP contribution >= 0.6 is 0 Å². The molecule has 0 fully saturated rings. The number of carboxylic acid groups (broad SMARTS) is 2.